The molecule has 1 heterocycles. The lowest BCUT2D eigenvalue weighted by molar-refractivity contribution is -0.384. The highest BCUT2D eigenvalue weighted by Crippen LogP contribution is 2.34. The Bertz CT molecular complexity index is 716. The fourth-order valence-electron chi connectivity index (χ4n) is 2.50. The predicted molar refractivity (Wildman–Crippen MR) is 77.3 cm³/mol. The van der Waals surface area contributed by atoms with Gasteiger partial charge in [0, 0.05) is 29.6 Å². The predicted octanol–water partition coefficient (Wildman–Crippen LogP) is 3.14. The lowest BCUT2D eigenvalue weighted by Gasteiger charge is -2.09. The van der Waals surface area contributed by atoms with E-state index >= 15 is 0 Å². The highest BCUT2D eigenvalue weighted by molar-refractivity contribution is 5.96. The third-order valence-corrected chi connectivity index (χ3v) is 3.72. The number of hydrogen-bond donors (Lipinski definition) is 0. The van der Waals surface area contributed by atoms with Crippen LogP contribution in [0.3, 0.4) is 0 Å². The number of non-ortho nitro benzene ring substituents is 1. The number of nitro benzene ring substituents is 1. The lowest BCUT2D eigenvalue weighted by Crippen LogP contribution is -2.13. The minimum Gasteiger partial charge on any atom is -0.461 e. The van der Waals surface area contributed by atoms with Gasteiger partial charge >= 0.3 is 5.97 Å². The molecule has 6 nitrogen and oxygen atoms in total. The van der Waals surface area contributed by atoms with Crippen molar-refractivity contribution in [1.82, 2.24) is 4.57 Å². The molecule has 21 heavy (non-hydrogen) atoms. The average Bonchev–Trinajstić information content (AvgIpc) is 3.19. The second kappa shape index (κ2) is 5.20. The van der Waals surface area contributed by atoms with Gasteiger partial charge in [0.05, 0.1) is 11.5 Å². The highest BCUT2D eigenvalue weighted by Gasteiger charge is 2.26. The second-order valence-corrected chi connectivity index (χ2v) is 5.30. The van der Waals surface area contributed by atoms with Crippen LogP contribution in [-0.2, 0) is 11.3 Å². The Morgan fingerprint density at radius 3 is 2.81 bits per heavy atom. The van der Waals surface area contributed by atoms with Gasteiger partial charge < -0.3 is 9.30 Å². The zero-order chi connectivity index (χ0) is 15.0. The van der Waals surface area contributed by atoms with Crippen molar-refractivity contribution in [3.05, 3.63) is 40.1 Å². The van der Waals surface area contributed by atoms with E-state index in [2.05, 4.69) is 0 Å². The monoisotopic (exact) mass is 288 g/mol. The first kappa shape index (κ1) is 13.6. The van der Waals surface area contributed by atoms with Gasteiger partial charge in [0.2, 0.25) is 0 Å². The molecule has 0 spiro atoms. The van der Waals surface area contributed by atoms with E-state index in [4.69, 9.17) is 4.74 Å². The molecule has 0 radical (unpaired) electrons. The maximum Gasteiger partial charge on any atom is 0.354 e. The van der Waals surface area contributed by atoms with Crippen molar-refractivity contribution in [2.45, 2.75) is 26.3 Å². The molecule has 110 valence electrons. The van der Waals surface area contributed by atoms with Gasteiger partial charge in [-0.05, 0) is 37.8 Å². The molecular formula is C15H16N2O4. The van der Waals surface area contributed by atoms with Crippen molar-refractivity contribution in [1.29, 1.82) is 0 Å². The lowest BCUT2D eigenvalue weighted by atomic mass is 10.2. The molecule has 0 amide bonds. The van der Waals surface area contributed by atoms with Crippen molar-refractivity contribution in [2.24, 2.45) is 5.92 Å². The van der Waals surface area contributed by atoms with Crippen LogP contribution in [0.15, 0.2) is 24.3 Å². The zero-order valence-corrected chi connectivity index (χ0v) is 11.7. The fourth-order valence-corrected chi connectivity index (χ4v) is 2.50. The average molecular weight is 288 g/mol. The van der Waals surface area contributed by atoms with Crippen LogP contribution in [-0.4, -0.2) is 22.1 Å². The van der Waals surface area contributed by atoms with Crippen LogP contribution < -0.4 is 0 Å². The smallest absolute Gasteiger partial charge is 0.354 e. The Labute approximate surface area is 121 Å². The van der Waals surface area contributed by atoms with Crippen LogP contribution in [0, 0.1) is 16.0 Å². The molecule has 6 heteroatoms. The van der Waals surface area contributed by atoms with Gasteiger partial charge in [0.1, 0.15) is 5.69 Å². The zero-order valence-electron chi connectivity index (χ0n) is 11.7. The Hall–Kier alpha value is -2.37. The van der Waals surface area contributed by atoms with E-state index in [9.17, 15) is 14.9 Å². The first-order valence-corrected chi connectivity index (χ1v) is 7.05. The highest BCUT2D eigenvalue weighted by atomic mass is 16.6. The molecule has 1 fully saturated rings. The van der Waals surface area contributed by atoms with Crippen LogP contribution in [0.2, 0.25) is 0 Å². The number of aromatic nitrogens is 1. The van der Waals surface area contributed by atoms with Crippen molar-refractivity contribution in [3.63, 3.8) is 0 Å². The quantitative estimate of drug-likeness (QED) is 0.481. The molecule has 1 saturated carbocycles. The molecule has 0 bridgehead atoms. The normalized spacial score (nSPS) is 14.3. The van der Waals surface area contributed by atoms with Crippen LogP contribution in [0.25, 0.3) is 10.9 Å². The van der Waals surface area contributed by atoms with Crippen LogP contribution in [0.5, 0.6) is 0 Å². The van der Waals surface area contributed by atoms with Crippen molar-refractivity contribution in [3.8, 4) is 0 Å². The molecule has 0 saturated heterocycles. The van der Waals surface area contributed by atoms with E-state index < -0.39 is 4.92 Å². The molecule has 1 aliphatic rings. The van der Waals surface area contributed by atoms with Crippen molar-refractivity contribution >= 4 is 22.6 Å². The number of hydrogen-bond acceptors (Lipinski definition) is 4. The summed E-state index contributed by atoms with van der Waals surface area (Å²) in [5.74, 6) is 0.209. The summed E-state index contributed by atoms with van der Waals surface area (Å²) in [7, 11) is 0. The number of benzene rings is 1. The number of fused-ring (bicyclic) bond motifs is 1. The Kier molecular flexibility index (Phi) is 3.37. The van der Waals surface area contributed by atoms with Crippen LogP contribution >= 0.6 is 0 Å². The largest absolute Gasteiger partial charge is 0.461 e. The first-order chi connectivity index (χ1) is 10.1. The number of carbonyl (C=O) groups is 1. The second-order valence-electron chi connectivity index (χ2n) is 5.30. The molecule has 1 aromatic carbocycles. The van der Waals surface area contributed by atoms with Crippen LogP contribution in [0.1, 0.15) is 30.3 Å². The van der Waals surface area contributed by atoms with E-state index in [0.717, 1.165) is 24.9 Å². The van der Waals surface area contributed by atoms with E-state index in [-0.39, 0.29) is 11.7 Å². The van der Waals surface area contributed by atoms with Crippen molar-refractivity contribution in [2.75, 3.05) is 6.61 Å². The molecule has 0 unspecified atom stereocenters. The summed E-state index contributed by atoms with van der Waals surface area (Å²) < 4.78 is 7.01. The van der Waals surface area contributed by atoms with E-state index in [1.165, 1.54) is 12.1 Å². The summed E-state index contributed by atoms with van der Waals surface area (Å²) in [4.78, 5) is 22.5. The van der Waals surface area contributed by atoms with Gasteiger partial charge in [-0.3, -0.25) is 10.1 Å². The number of esters is 1. The van der Waals surface area contributed by atoms with Gasteiger partial charge in [0.15, 0.2) is 0 Å². The third kappa shape index (κ3) is 2.61. The van der Waals surface area contributed by atoms with Gasteiger partial charge in [-0.1, -0.05) is 0 Å². The Balaban J connectivity index is 2.10. The third-order valence-electron chi connectivity index (χ3n) is 3.72. The summed E-state index contributed by atoms with van der Waals surface area (Å²) in [6.07, 6.45) is 2.32. The standard InChI is InChI=1S/C15H16N2O4/c1-2-21-15(18)14-8-11-7-12(17(19)20)5-6-13(11)16(14)9-10-3-4-10/h5-8,10H,2-4,9H2,1H3. The molecular weight excluding hydrogens is 272 g/mol. The number of ether oxygens (including phenoxy) is 1. The topological polar surface area (TPSA) is 74.4 Å². The summed E-state index contributed by atoms with van der Waals surface area (Å²) >= 11 is 0. The molecule has 0 atom stereocenters. The summed E-state index contributed by atoms with van der Waals surface area (Å²) in [6.45, 7) is 2.83. The number of carbonyl (C=O) groups excluding carboxylic acids is 1. The molecule has 1 aromatic heterocycles. The fraction of sp³-hybridized carbons (Fsp3) is 0.400. The van der Waals surface area contributed by atoms with Gasteiger partial charge in [-0.15, -0.1) is 0 Å². The number of nitro groups is 1. The summed E-state index contributed by atoms with van der Waals surface area (Å²) in [5, 5.41) is 11.6. The van der Waals surface area contributed by atoms with E-state index in [1.54, 1.807) is 19.1 Å². The molecule has 3 rings (SSSR count). The van der Waals surface area contributed by atoms with Gasteiger partial charge in [0.25, 0.3) is 5.69 Å². The van der Waals surface area contributed by atoms with Gasteiger partial charge in [-0.25, -0.2) is 4.79 Å². The first-order valence-electron chi connectivity index (χ1n) is 7.05. The maximum absolute atomic E-state index is 12.1. The summed E-state index contributed by atoms with van der Waals surface area (Å²) in [6, 6.07) is 6.36. The number of nitrogens with zero attached hydrogens (tertiary/aromatic N) is 2. The minimum absolute atomic E-state index is 0.0291. The number of rotatable bonds is 5. The Morgan fingerprint density at radius 1 is 1.43 bits per heavy atom. The van der Waals surface area contributed by atoms with Crippen LogP contribution in [0.4, 0.5) is 5.69 Å². The van der Waals surface area contributed by atoms with E-state index in [1.807, 2.05) is 4.57 Å². The molecule has 0 N–H and O–H groups in total. The Morgan fingerprint density at radius 2 is 2.19 bits per heavy atom. The molecule has 2 aromatic rings. The SMILES string of the molecule is CCOC(=O)c1cc2cc([N+](=O)[O-])ccc2n1CC1CC1. The molecule has 0 aliphatic heterocycles. The molecule has 1 aliphatic carbocycles. The van der Waals surface area contributed by atoms with E-state index in [0.29, 0.717) is 23.6 Å². The maximum atomic E-state index is 12.1. The minimum atomic E-state index is -0.429. The van der Waals surface area contributed by atoms with Gasteiger partial charge in [-0.2, -0.15) is 0 Å². The summed E-state index contributed by atoms with van der Waals surface area (Å²) in [5.41, 5.74) is 1.34. The van der Waals surface area contributed by atoms with Crippen molar-refractivity contribution < 1.29 is 14.5 Å².